The summed E-state index contributed by atoms with van der Waals surface area (Å²) in [5.41, 5.74) is 6.26. The molecule has 0 aliphatic heterocycles. The summed E-state index contributed by atoms with van der Waals surface area (Å²) in [5.74, 6) is 0. The monoisotopic (exact) mass is 389 g/mol. The highest BCUT2D eigenvalue weighted by Crippen LogP contribution is 2.28. The quantitative estimate of drug-likeness (QED) is 0.504. The third-order valence-electron chi connectivity index (χ3n) is 4.16. The Morgan fingerprint density at radius 1 is 1.27 bits per heavy atom. The summed E-state index contributed by atoms with van der Waals surface area (Å²) < 4.78 is 6.68. The fourth-order valence-electron chi connectivity index (χ4n) is 2.84. The zero-order valence-electron chi connectivity index (χ0n) is 14.3. The molecule has 0 unspecified atom stereocenters. The molecule has 0 fully saturated rings. The normalized spacial score (nSPS) is 11.2. The second-order valence-electron chi connectivity index (χ2n) is 5.70. The second kappa shape index (κ2) is 7.81. The predicted octanol–water partition coefficient (Wildman–Crippen LogP) is 4.99. The topological polar surface area (TPSA) is 55.6 Å². The van der Waals surface area contributed by atoms with Crippen molar-refractivity contribution in [1.82, 2.24) is 9.99 Å². The Hall–Kier alpha value is -2.50. The largest absolute Gasteiger partial charge is 0.452 e. The third kappa shape index (κ3) is 3.69. The number of carbonyl (C=O) groups excluding carboxylic acids is 1. The van der Waals surface area contributed by atoms with Crippen LogP contribution in [0.25, 0.3) is 10.9 Å². The first-order valence-corrected chi connectivity index (χ1v) is 8.65. The number of hydrogen-bond donors (Lipinski definition) is 1. The Kier molecular flexibility index (Phi) is 5.49. The van der Waals surface area contributed by atoms with Gasteiger partial charge in [0, 0.05) is 38.8 Å². The molecule has 0 atom stereocenters. The van der Waals surface area contributed by atoms with Gasteiger partial charge in [0.25, 0.3) is 0 Å². The molecule has 5 nitrogen and oxygen atoms in total. The minimum absolute atomic E-state index is 0.598. The van der Waals surface area contributed by atoms with E-state index in [4.69, 9.17) is 23.2 Å². The number of nitrogens with zero attached hydrogens (tertiary/aromatic N) is 2. The summed E-state index contributed by atoms with van der Waals surface area (Å²) in [6, 6.07) is 13.5. The van der Waals surface area contributed by atoms with Gasteiger partial charge in [0.05, 0.1) is 13.3 Å². The molecule has 0 saturated heterocycles. The van der Waals surface area contributed by atoms with Crippen molar-refractivity contribution in [3.63, 3.8) is 0 Å². The highest BCUT2D eigenvalue weighted by atomic mass is 35.5. The zero-order chi connectivity index (χ0) is 18.7. The molecule has 0 saturated carbocycles. The molecule has 134 valence electrons. The zero-order valence-corrected chi connectivity index (χ0v) is 15.8. The number of methoxy groups -OCH3 is 1. The van der Waals surface area contributed by atoms with Crippen molar-refractivity contribution in [2.24, 2.45) is 5.10 Å². The van der Waals surface area contributed by atoms with Gasteiger partial charge < -0.3 is 9.30 Å². The van der Waals surface area contributed by atoms with Crippen LogP contribution in [0.4, 0.5) is 4.79 Å². The van der Waals surface area contributed by atoms with Gasteiger partial charge in [-0.1, -0.05) is 47.5 Å². The van der Waals surface area contributed by atoms with Crippen LogP contribution in [0.15, 0.2) is 47.6 Å². The van der Waals surface area contributed by atoms with Crippen molar-refractivity contribution in [1.29, 1.82) is 0 Å². The maximum absolute atomic E-state index is 11.2. The summed E-state index contributed by atoms with van der Waals surface area (Å²) in [7, 11) is 1.29. The number of fused-ring (bicyclic) bond motifs is 1. The van der Waals surface area contributed by atoms with Crippen LogP contribution in [0.1, 0.15) is 16.8 Å². The molecular weight excluding hydrogens is 373 g/mol. The lowest BCUT2D eigenvalue weighted by atomic mass is 10.1. The fraction of sp³-hybridized carbons (Fsp3) is 0.158. The maximum atomic E-state index is 11.2. The molecule has 2 aromatic carbocycles. The standard InChI is InChI=1S/C19H17Cl2N3O2/c1-12-16(10-22-23-19(25)26-2)15-5-3-4-6-18(15)24(12)11-13-7-8-14(20)9-17(13)21/h3-10H,11H2,1-2H3,(H,23,25)/b22-10+. The molecule has 3 rings (SSSR count). The van der Waals surface area contributed by atoms with Gasteiger partial charge in [-0.05, 0) is 30.7 Å². The Balaban J connectivity index is 2.03. The molecule has 1 amide bonds. The molecule has 0 radical (unpaired) electrons. The number of ether oxygens (including phenoxy) is 1. The van der Waals surface area contributed by atoms with Crippen molar-refractivity contribution in [3.05, 3.63) is 69.3 Å². The van der Waals surface area contributed by atoms with E-state index < -0.39 is 6.09 Å². The van der Waals surface area contributed by atoms with E-state index >= 15 is 0 Å². The number of aromatic nitrogens is 1. The molecular formula is C19H17Cl2N3O2. The van der Waals surface area contributed by atoms with Crippen molar-refractivity contribution in [2.45, 2.75) is 13.5 Å². The van der Waals surface area contributed by atoms with Crippen LogP contribution in [0, 0.1) is 6.92 Å². The molecule has 0 aliphatic rings. The van der Waals surface area contributed by atoms with E-state index in [9.17, 15) is 4.79 Å². The Morgan fingerprint density at radius 3 is 2.77 bits per heavy atom. The van der Waals surface area contributed by atoms with Gasteiger partial charge >= 0.3 is 6.09 Å². The average molecular weight is 390 g/mol. The van der Waals surface area contributed by atoms with Gasteiger partial charge in [-0.2, -0.15) is 5.10 Å². The summed E-state index contributed by atoms with van der Waals surface area (Å²) in [5, 5.41) is 6.23. The molecule has 1 heterocycles. The third-order valence-corrected chi connectivity index (χ3v) is 4.75. The molecule has 0 aliphatic carbocycles. The first-order chi connectivity index (χ1) is 12.5. The lowest BCUT2D eigenvalue weighted by molar-refractivity contribution is 0.171. The smallest absolute Gasteiger partial charge is 0.427 e. The second-order valence-corrected chi connectivity index (χ2v) is 6.54. The maximum Gasteiger partial charge on any atom is 0.427 e. The molecule has 0 bridgehead atoms. The minimum atomic E-state index is -0.615. The van der Waals surface area contributed by atoms with E-state index in [1.165, 1.54) is 7.11 Å². The molecule has 0 spiro atoms. The van der Waals surface area contributed by atoms with Gasteiger partial charge in [-0.25, -0.2) is 10.2 Å². The van der Waals surface area contributed by atoms with Crippen LogP contribution < -0.4 is 5.43 Å². The lowest BCUT2D eigenvalue weighted by Crippen LogP contribution is -2.16. The van der Waals surface area contributed by atoms with Crippen LogP contribution in [-0.2, 0) is 11.3 Å². The van der Waals surface area contributed by atoms with E-state index in [1.54, 1.807) is 12.3 Å². The molecule has 3 aromatic rings. The number of halogens is 2. The van der Waals surface area contributed by atoms with Gasteiger partial charge in [0.15, 0.2) is 0 Å². The van der Waals surface area contributed by atoms with Gasteiger partial charge in [-0.3, -0.25) is 0 Å². The number of benzene rings is 2. The minimum Gasteiger partial charge on any atom is -0.452 e. The number of amides is 1. The summed E-state index contributed by atoms with van der Waals surface area (Å²) in [4.78, 5) is 11.2. The number of para-hydroxylation sites is 1. The van der Waals surface area contributed by atoms with Crippen LogP contribution in [0.5, 0.6) is 0 Å². The summed E-state index contributed by atoms with van der Waals surface area (Å²) in [6.45, 7) is 2.60. The van der Waals surface area contributed by atoms with Gasteiger partial charge in [0.2, 0.25) is 0 Å². The van der Waals surface area contributed by atoms with E-state index in [2.05, 4.69) is 19.8 Å². The summed E-state index contributed by atoms with van der Waals surface area (Å²) >= 11 is 12.3. The van der Waals surface area contributed by atoms with Crippen molar-refractivity contribution >= 4 is 46.4 Å². The molecule has 7 heteroatoms. The van der Waals surface area contributed by atoms with Crippen molar-refractivity contribution in [3.8, 4) is 0 Å². The predicted molar refractivity (Wildman–Crippen MR) is 105 cm³/mol. The summed E-state index contributed by atoms with van der Waals surface area (Å²) in [6.07, 6.45) is 1.00. The van der Waals surface area contributed by atoms with Gasteiger partial charge in [0.1, 0.15) is 0 Å². The van der Waals surface area contributed by atoms with E-state index in [0.717, 1.165) is 27.7 Å². The Labute approximate surface area is 161 Å². The van der Waals surface area contributed by atoms with E-state index in [1.807, 2.05) is 43.3 Å². The highest BCUT2D eigenvalue weighted by Gasteiger charge is 2.14. The Bertz CT molecular complexity index is 996. The number of carbonyl (C=O) groups is 1. The number of nitrogens with one attached hydrogen (secondary N) is 1. The highest BCUT2D eigenvalue weighted by molar-refractivity contribution is 6.35. The SMILES string of the molecule is COC(=O)N/N=C/c1c(C)n(Cc2ccc(Cl)cc2Cl)c2ccccc12. The van der Waals surface area contributed by atoms with E-state index in [-0.39, 0.29) is 0 Å². The number of hydrogen-bond acceptors (Lipinski definition) is 3. The molecule has 1 N–H and O–H groups in total. The molecule has 1 aromatic heterocycles. The first kappa shape index (κ1) is 18.3. The van der Waals surface area contributed by atoms with Crippen LogP contribution in [0.2, 0.25) is 10.0 Å². The Morgan fingerprint density at radius 2 is 2.04 bits per heavy atom. The number of hydrazone groups is 1. The lowest BCUT2D eigenvalue weighted by Gasteiger charge is -2.10. The first-order valence-electron chi connectivity index (χ1n) is 7.90. The number of rotatable bonds is 4. The van der Waals surface area contributed by atoms with Crippen molar-refractivity contribution in [2.75, 3.05) is 7.11 Å². The fourth-order valence-corrected chi connectivity index (χ4v) is 3.31. The van der Waals surface area contributed by atoms with E-state index in [0.29, 0.717) is 16.6 Å². The average Bonchev–Trinajstić information content (AvgIpc) is 2.89. The van der Waals surface area contributed by atoms with Crippen LogP contribution in [0.3, 0.4) is 0 Å². The van der Waals surface area contributed by atoms with Crippen LogP contribution >= 0.6 is 23.2 Å². The van der Waals surface area contributed by atoms with Gasteiger partial charge in [-0.15, -0.1) is 0 Å². The molecule has 26 heavy (non-hydrogen) atoms. The van der Waals surface area contributed by atoms with Crippen LogP contribution in [-0.4, -0.2) is 24.0 Å². The van der Waals surface area contributed by atoms with Crippen molar-refractivity contribution < 1.29 is 9.53 Å².